The summed E-state index contributed by atoms with van der Waals surface area (Å²) >= 11 is 0. The van der Waals surface area contributed by atoms with Gasteiger partial charge in [0.05, 0.1) is 11.3 Å². The Labute approximate surface area is 128 Å². The number of hydrogen-bond acceptors (Lipinski definition) is 2. The highest BCUT2D eigenvalue weighted by atomic mass is 16.4. The molecule has 0 aliphatic carbocycles. The van der Waals surface area contributed by atoms with Crippen LogP contribution in [0.15, 0.2) is 0 Å². The summed E-state index contributed by atoms with van der Waals surface area (Å²) < 4.78 is 0. The molecule has 0 saturated carbocycles. The van der Waals surface area contributed by atoms with Crippen LogP contribution in [0, 0.1) is 23.2 Å². The van der Waals surface area contributed by atoms with E-state index in [0.29, 0.717) is 6.42 Å². The quantitative estimate of drug-likeness (QED) is 0.553. The third kappa shape index (κ3) is 5.01. The normalized spacial score (nSPS) is 16.0. The predicted molar refractivity (Wildman–Crippen MR) is 84.2 cm³/mol. The van der Waals surface area contributed by atoms with Crippen molar-refractivity contribution in [3.8, 4) is 0 Å². The first-order chi connectivity index (χ1) is 9.71. The predicted octanol–water partition coefficient (Wildman–Crippen LogP) is 4.43. The van der Waals surface area contributed by atoms with Crippen molar-refractivity contribution in [1.29, 1.82) is 0 Å². The minimum Gasteiger partial charge on any atom is -0.481 e. The second-order valence-electron chi connectivity index (χ2n) is 6.72. The molecule has 0 aromatic carbocycles. The first kappa shape index (κ1) is 19.9. The topological polar surface area (TPSA) is 74.6 Å². The van der Waals surface area contributed by atoms with Gasteiger partial charge in [0.2, 0.25) is 0 Å². The zero-order valence-corrected chi connectivity index (χ0v) is 14.2. The molecule has 4 heteroatoms. The molecule has 0 amide bonds. The smallest absolute Gasteiger partial charge is 0.310 e. The van der Waals surface area contributed by atoms with Crippen LogP contribution in [-0.2, 0) is 9.59 Å². The fraction of sp³-hybridized carbons (Fsp3) is 0.882. The van der Waals surface area contributed by atoms with Crippen LogP contribution in [0.1, 0.15) is 73.1 Å². The van der Waals surface area contributed by atoms with Gasteiger partial charge in [-0.2, -0.15) is 0 Å². The van der Waals surface area contributed by atoms with E-state index in [-0.39, 0.29) is 11.8 Å². The van der Waals surface area contributed by atoms with Crippen LogP contribution in [0.5, 0.6) is 0 Å². The Bertz CT molecular complexity index is 336. The van der Waals surface area contributed by atoms with E-state index in [0.717, 1.165) is 32.1 Å². The zero-order valence-electron chi connectivity index (χ0n) is 14.2. The van der Waals surface area contributed by atoms with Crippen LogP contribution in [0.4, 0.5) is 0 Å². The minimum absolute atomic E-state index is 0.198. The average Bonchev–Trinajstić information content (AvgIpc) is 2.35. The number of carbonyl (C=O) groups is 2. The van der Waals surface area contributed by atoms with E-state index in [9.17, 15) is 19.8 Å². The summed E-state index contributed by atoms with van der Waals surface area (Å²) in [6.45, 7) is 9.40. The lowest BCUT2D eigenvalue weighted by Gasteiger charge is -2.40. The number of aliphatic carboxylic acids is 2. The van der Waals surface area contributed by atoms with Gasteiger partial charge in [-0.25, -0.2) is 0 Å². The van der Waals surface area contributed by atoms with Crippen LogP contribution >= 0.6 is 0 Å². The lowest BCUT2D eigenvalue weighted by molar-refractivity contribution is -0.170. The van der Waals surface area contributed by atoms with Crippen molar-refractivity contribution in [1.82, 2.24) is 0 Å². The Morgan fingerprint density at radius 3 is 1.81 bits per heavy atom. The highest BCUT2D eigenvalue weighted by molar-refractivity contribution is 5.84. The molecule has 0 fully saturated rings. The summed E-state index contributed by atoms with van der Waals surface area (Å²) in [7, 11) is 0. The molecule has 0 aromatic rings. The lowest BCUT2D eigenvalue weighted by atomic mass is 9.61. The van der Waals surface area contributed by atoms with E-state index in [1.165, 1.54) is 0 Å². The van der Waals surface area contributed by atoms with Crippen molar-refractivity contribution < 1.29 is 19.8 Å². The van der Waals surface area contributed by atoms with Gasteiger partial charge in [-0.15, -0.1) is 0 Å². The third-order valence-corrected chi connectivity index (χ3v) is 4.61. The molecule has 0 radical (unpaired) electrons. The Morgan fingerprint density at radius 1 is 0.952 bits per heavy atom. The van der Waals surface area contributed by atoms with Crippen molar-refractivity contribution in [3.63, 3.8) is 0 Å². The van der Waals surface area contributed by atoms with Gasteiger partial charge >= 0.3 is 11.9 Å². The monoisotopic (exact) mass is 300 g/mol. The van der Waals surface area contributed by atoms with Gasteiger partial charge in [-0.1, -0.05) is 66.7 Å². The van der Waals surface area contributed by atoms with Gasteiger partial charge in [0.25, 0.3) is 0 Å². The van der Waals surface area contributed by atoms with Crippen LogP contribution in [0.3, 0.4) is 0 Å². The molecule has 124 valence electrons. The van der Waals surface area contributed by atoms with E-state index < -0.39 is 23.3 Å². The van der Waals surface area contributed by atoms with Gasteiger partial charge in [-0.05, 0) is 18.3 Å². The van der Waals surface area contributed by atoms with Crippen LogP contribution in [0.2, 0.25) is 0 Å². The summed E-state index contributed by atoms with van der Waals surface area (Å²) in [5.74, 6) is -3.20. The Kier molecular flexibility index (Phi) is 8.60. The summed E-state index contributed by atoms with van der Waals surface area (Å²) in [5, 5.41) is 19.4. The van der Waals surface area contributed by atoms with E-state index in [1.54, 1.807) is 13.8 Å². The summed E-state index contributed by atoms with van der Waals surface area (Å²) in [5.41, 5.74) is -1.17. The SMILES string of the molecule is CCCCCCCC(C(=O)O)(C(C)C)C(C(=O)O)C(C)C. The molecule has 0 bridgehead atoms. The molecule has 0 rings (SSSR count). The fourth-order valence-corrected chi connectivity index (χ4v) is 3.41. The molecule has 2 N–H and O–H groups in total. The van der Waals surface area contributed by atoms with E-state index in [1.807, 2.05) is 13.8 Å². The lowest BCUT2D eigenvalue weighted by Crippen LogP contribution is -2.48. The fourth-order valence-electron chi connectivity index (χ4n) is 3.41. The number of carboxylic acid groups (broad SMARTS) is 2. The van der Waals surface area contributed by atoms with Crippen LogP contribution in [0.25, 0.3) is 0 Å². The largest absolute Gasteiger partial charge is 0.481 e. The first-order valence-electron chi connectivity index (χ1n) is 8.17. The second-order valence-corrected chi connectivity index (χ2v) is 6.72. The highest BCUT2D eigenvalue weighted by Gasteiger charge is 2.52. The number of carboxylic acids is 2. The first-order valence-corrected chi connectivity index (χ1v) is 8.17. The maximum atomic E-state index is 12.0. The summed E-state index contributed by atoms with van der Waals surface area (Å²) in [6, 6.07) is 0. The van der Waals surface area contributed by atoms with Crippen LogP contribution < -0.4 is 0 Å². The Balaban J connectivity index is 5.25. The van der Waals surface area contributed by atoms with Gasteiger partial charge in [0, 0.05) is 0 Å². The molecule has 0 aliphatic heterocycles. The van der Waals surface area contributed by atoms with E-state index in [4.69, 9.17) is 0 Å². The van der Waals surface area contributed by atoms with Gasteiger partial charge in [0.15, 0.2) is 0 Å². The molecule has 0 aromatic heterocycles. The molecule has 0 heterocycles. The molecule has 2 unspecified atom stereocenters. The number of rotatable bonds is 11. The molecular formula is C17H32O4. The maximum absolute atomic E-state index is 12.0. The Hall–Kier alpha value is -1.06. The van der Waals surface area contributed by atoms with Crippen molar-refractivity contribution in [2.75, 3.05) is 0 Å². The maximum Gasteiger partial charge on any atom is 0.310 e. The molecule has 21 heavy (non-hydrogen) atoms. The molecule has 0 aliphatic rings. The molecule has 4 nitrogen and oxygen atoms in total. The average molecular weight is 300 g/mol. The third-order valence-electron chi connectivity index (χ3n) is 4.61. The number of hydrogen-bond donors (Lipinski definition) is 2. The molecule has 0 saturated heterocycles. The molecule has 2 atom stereocenters. The minimum atomic E-state index is -1.17. The Morgan fingerprint density at radius 2 is 1.48 bits per heavy atom. The summed E-state index contributed by atoms with van der Waals surface area (Å²) in [4.78, 5) is 23.6. The van der Waals surface area contributed by atoms with Crippen molar-refractivity contribution in [2.45, 2.75) is 73.1 Å². The van der Waals surface area contributed by atoms with E-state index >= 15 is 0 Å². The number of unbranched alkanes of at least 4 members (excludes halogenated alkanes) is 4. The second kappa shape index (κ2) is 9.06. The van der Waals surface area contributed by atoms with Crippen molar-refractivity contribution in [2.24, 2.45) is 23.2 Å². The van der Waals surface area contributed by atoms with Crippen molar-refractivity contribution >= 4 is 11.9 Å². The van der Waals surface area contributed by atoms with Gasteiger partial charge in [0.1, 0.15) is 0 Å². The van der Waals surface area contributed by atoms with Crippen molar-refractivity contribution in [3.05, 3.63) is 0 Å². The highest BCUT2D eigenvalue weighted by Crippen LogP contribution is 2.45. The van der Waals surface area contributed by atoms with Gasteiger partial charge in [-0.3, -0.25) is 9.59 Å². The summed E-state index contributed by atoms with van der Waals surface area (Å²) in [6.07, 6.45) is 5.57. The zero-order chi connectivity index (χ0) is 16.6. The van der Waals surface area contributed by atoms with E-state index in [2.05, 4.69) is 6.92 Å². The molecule has 0 spiro atoms. The molecular weight excluding hydrogens is 268 g/mol. The van der Waals surface area contributed by atoms with Crippen LogP contribution in [-0.4, -0.2) is 22.2 Å². The standard InChI is InChI=1S/C17H32O4/c1-6-7-8-9-10-11-17(13(4)5,16(20)21)14(12(2)3)15(18)19/h12-14H,6-11H2,1-5H3,(H,18,19)(H,20,21). The van der Waals surface area contributed by atoms with Gasteiger partial charge < -0.3 is 10.2 Å².